The highest BCUT2D eigenvalue weighted by molar-refractivity contribution is 6.35. The summed E-state index contributed by atoms with van der Waals surface area (Å²) < 4.78 is 16.4. The SMILES string of the molecule is O=C(NC[C@H](c1ccc2c(c1)OCO2)N1CCOCC1)C(=O)NC1CCCCCC1. The minimum absolute atomic E-state index is 0.0713. The molecule has 30 heavy (non-hydrogen) atoms. The van der Waals surface area contributed by atoms with E-state index >= 15 is 0 Å². The van der Waals surface area contributed by atoms with Crippen LogP contribution < -0.4 is 20.1 Å². The molecule has 1 saturated heterocycles. The summed E-state index contributed by atoms with van der Waals surface area (Å²) >= 11 is 0. The number of morpholine rings is 1. The molecule has 0 spiro atoms. The number of rotatable bonds is 5. The van der Waals surface area contributed by atoms with E-state index in [1.807, 2.05) is 18.2 Å². The van der Waals surface area contributed by atoms with E-state index in [0.717, 1.165) is 50.1 Å². The molecule has 0 radical (unpaired) electrons. The molecule has 164 valence electrons. The van der Waals surface area contributed by atoms with Gasteiger partial charge in [-0.15, -0.1) is 0 Å². The molecule has 0 unspecified atom stereocenters. The van der Waals surface area contributed by atoms with Gasteiger partial charge in [0.05, 0.1) is 19.3 Å². The quantitative estimate of drug-likeness (QED) is 0.561. The third kappa shape index (κ3) is 5.23. The van der Waals surface area contributed by atoms with Crippen molar-refractivity contribution in [1.29, 1.82) is 0 Å². The molecule has 1 aliphatic carbocycles. The Morgan fingerprint density at radius 3 is 2.50 bits per heavy atom. The maximum Gasteiger partial charge on any atom is 0.309 e. The molecule has 3 aliphatic rings. The van der Waals surface area contributed by atoms with Crippen molar-refractivity contribution in [1.82, 2.24) is 15.5 Å². The van der Waals surface area contributed by atoms with Crippen molar-refractivity contribution in [3.63, 3.8) is 0 Å². The van der Waals surface area contributed by atoms with Crippen molar-refractivity contribution < 1.29 is 23.8 Å². The normalized spacial score (nSPS) is 20.9. The topological polar surface area (TPSA) is 89.1 Å². The predicted molar refractivity (Wildman–Crippen MR) is 110 cm³/mol. The standard InChI is InChI=1S/C22H31N3O5/c26-21(22(27)24-17-5-3-1-2-4-6-17)23-14-18(25-9-11-28-12-10-25)16-7-8-19-20(13-16)30-15-29-19/h7-8,13,17-18H,1-6,9-12,14-15H2,(H,23,26)(H,24,27)/t18-/m1/s1. The molecule has 2 amide bonds. The zero-order valence-corrected chi connectivity index (χ0v) is 17.4. The fourth-order valence-corrected chi connectivity index (χ4v) is 4.41. The summed E-state index contributed by atoms with van der Waals surface area (Å²) in [6.45, 7) is 3.40. The number of fused-ring (bicyclic) bond motifs is 1. The Labute approximate surface area is 177 Å². The highest BCUT2D eigenvalue weighted by Crippen LogP contribution is 2.35. The Hall–Kier alpha value is -2.32. The Balaban J connectivity index is 1.38. The Bertz CT molecular complexity index is 742. The van der Waals surface area contributed by atoms with Crippen LogP contribution in [0.4, 0.5) is 0 Å². The lowest BCUT2D eigenvalue weighted by molar-refractivity contribution is -0.139. The molecule has 8 nitrogen and oxygen atoms in total. The number of nitrogens with one attached hydrogen (secondary N) is 2. The maximum absolute atomic E-state index is 12.5. The minimum Gasteiger partial charge on any atom is -0.454 e. The number of carbonyl (C=O) groups excluding carboxylic acids is 2. The van der Waals surface area contributed by atoms with E-state index in [0.29, 0.717) is 25.5 Å². The van der Waals surface area contributed by atoms with Crippen LogP contribution in [0.5, 0.6) is 11.5 Å². The van der Waals surface area contributed by atoms with Gasteiger partial charge in [-0.3, -0.25) is 14.5 Å². The number of nitrogens with zero attached hydrogens (tertiary/aromatic N) is 1. The van der Waals surface area contributed by atoms with Gasteiger partial charge in [0.1, 0.15) is 0 Å². The summed E-state index contributed by atoms with van der Waals surface area (Å²) in [5.74, 6) is 0.334. The number of hydrogen-bond donors (Lipinski definition) is 2. The fourth-order valence-electron chi connectivity index (χ4n) is 4.41. The van der Waals surface area contributed by atoms with E-state index in [2.05, 4.69) is 15.5 Å². The van der Waals surface area contributed by atoms with E-state index in [4.69, 9.17) is 14.2 Å². The summed E-state index contributed by atoms with van der Waals surface area (Å²) in [5.41, 5.74) is 1.02. The molecular weight excluding hydrogens is 386 g/mol. The molecule has 2 N–H and O–H groups in total. The second-order valence-corrected chi connectivity index (χ2v) is 8.15. The van der Waals surface area contributed by atoms with E-state index in [-0.39, 0.29) is 18.9 Å². The van der Waals surface area contributed by atoms with Gasteiger partial charge in [-0.1, -0.05) is 31.7 Å². The molecule has 1 atom stereocenters. The lowest BCUT2D eigenvalue weighted by Gasteiger charge is -2.35. The molecule has 0 bridgehead atoms. The van der Waals surface area contributed by atoms with Crippen molar-refractivity contribution in [3.8, 4) is 11.5 Å². The zero-order valence-electron chi connectivity index (χ0n) is 17.4. The fraction of sp³-hybridized carbons (Fsp3) is 0.636. The van der Waals surface area contributed by atoms with Gasteiger partial charge in [-0.05, 0) is 30.5 Å². The first-order valence-corrected chi connectivity index (χ1v) is 11.0. The first-order valence-electron chi connectivity index (χ1n) is 11.0. The zero-order chi connectivity index (χ0) is 20.8. The molecule has 2 fully saturated rings. The third-order valence-corrected chi connectivity index (χ3v) is 6.12. The average molecular weight is 418 g/mol. The number of amides is 2. The minimum atomic E-state index is -0.571. The van der Waals surface area contributed by atoms with Crippen molar-refractivity contribution in [2.24, 2.45) is 0 Å². The van der Waals surface area contributed by atoms with E-state index in [1.165, 1.54) is 12.8 Å². The lowest BCUT2D eigenvalue weighted by Crippen LogP contribution is -2.48. The van der Waals surface area contributed by atoms with Crippen LogP contribution in [0.1, 0.15) is 50.1 Å². The first kappa shape index (κ1) is 20.9. The Morgan fingerprint density at radius 2 is 1.73 bits per heavy atom. The van der Waals surface area contributed by atoms with Crippen LogP contribution in [0.2, 0.25) is 0 Å². The molecule has 1 aromatic rings. The monoisotopic (exact) mass is 417 g/mol. The van der Waals surface area contributed by atoms with E-state index in [9.17, 15) is 9.59 Å². The summed E-state index contributed by atoms with van der Waals surface area (Å²) in [6.07, 6.45) is 6.52. The summed E-state index contributed by atoms with van der Waals surface area (Å²) in [6, 6.07) is 5.88. The smallest absolute Gasteiger partial charge is 0.309 e. The van der Waals surface area contributed by atoms with Gasteiger partial charge < -0.3 is 24.8 Å². The van der Waals surface area contributed by atoms with Crippen molar-refractivity contribution in [3.05, 3.63) is 23.8 Å². The van der Waals surface area contributed by atoms with E-state index in [1.54, 1.807) is 0 Å². The van der Waals surface area contributed by atoms with Crippen LogP contribution in [0.3, 0.4) is 0 Å². The number of benzene rings is 1. The molecule has 2 aliphatic heterocycles. The molecule has 8 heteroatoms. The Kier molecular flexibility index (Phi) is 7.07. The number of ether oxygens (including phenoxy) is 3. The highest BCUT2D eigenvalue weighted by Gasteiger charge is 2.27. The van der Waals surface area contributed by atoms with Gasteiger partial charge >= 0.3 is 11.8 Å². The maximum atomic E-state index is 12.5. The molecule has 4 rings (SSSR count). The number of carbonyl (C=O) groups is 2. The van der Waals surface area contributed by atoms with Crippen LogP contribution in [-0.4, -0.2) is 62.4 Å². The second kappa shape index (κ2) is 10.1. The second-order valence-electron chi connectivity index (χ2n) is 8.15. The molecule has 0 aromatic heterocycles. The van der Waals surface area contributed by atoms with Crippen LogP contribution in [0, 0.1) is 0 Å². The molecule has 2 heterocycles. The number of hydrogen-bond acceptors (Lipinski definition) is 6. The summed E-state index contributed by atoms with van der Waals surface area (Å²) in [7, 11) is 0. The van der Waals surface area contributed by atoms with Crippen molar-refractivity contribution >= 4 is 11.8 Å². The highest BCUT2D eigenvalue weighted by atomic mass is 16.7. The molecular formula is C22H31N3O5. The van der Waals surface area contributed by atoms with Crippen molar-refractivity contribution in [2.45, 2.75) is 50.6 Å². The van der Waals surface area contributed by atoms with Crippen LogP contribution >= 0.6 is 0 Å². The largest absolute Gasteiger partial charge is 0.454 e. The van der Waals surface area contributed by atoms with Gasteiger partial charge in [0, 0.05) is 25.7 Å². The van der Waals surface area contributed by atoms with Gasteiger partial charge in [0.2, 0.25) is 6.79 Å². The van der Waals surface area contributed by atoms with Crippen molar-refractivity contribution in [2.75, 3.05) is 39.6 Å². The lowest BCUT2D eigenvalue weighted by atomic mass is 10.0. The first-order chi connectivity index (χ1) is 14.7. The molecule has 1 aromatic carbocycles. The van der Waals surface area contributed by atoms with Crippen LogP contribution in [-0.2, 0) is 14.3 Å². The predicted octanol–water partition coefficient (Wildman–Crippen LogP) is 1.74. The van der Waals surface area contributed by atoms with Crippen LogP contribution in [0.15, 0.2) is 18.2 Å². The third-order valence-electron chi connectivity index (χ3n) is 6.12. The van der Waals surface area contributed by atoms with Gasteiger partial charge in [0.15, 0.2) is 11.5 Å². The summed E-state index contributed by atoms with van der Waals surface area (Å²) in [5, 5.41) is 5.76. The van der Waals surface area contributed by atoms with Gasteiger partial charge in [0.25, 0.3) is 0 Å². The molecule has 1 saturated carbocycles. The van der Waals surface area contributed by atoms with Gasteiger partial charge in [-0.25, -0.2) is 0 Å². The average Bonchev–Trinajstić information content (AvgIpc) is 3.09. The van der Waals surface area contributed by atoms with Gasteiger partial charge in [-0.2, -0.15) is 0 Å². The van der Waals surface area contributed by atoms with Crippen LogP contribution in [0.25, 0.3) is 0 Å². The Morgan fingerprint density at radius 1 is 1.00 bits per heavy atom. The van der Waals surface area contributed by atoms with E-state index < -0.39 is 11.8 Å². The summed E-state index contributed by atoms with van der Waals surface area (Å²) in [4.78, 5) is 27.2.